The van der Waals surface area contributed by atoms with Gasteiger partial charge in [0, 0.05) is 12.1 Å². The zero-order chi connectivity index (χ0) is 13.3. The first-order chi connectivity index (χ1) is 9.34. The average Bonchev–Trinajstić information content (AvgIpc) is 2.46. The van der Waals surface area contributed by atoms with Crippen molar-refractivity contribution in [2.24, 2.45) is 0 Å². The predicted octanol–water partition coefficient (Wildman–Crippen LogP) is 3.01. The summed E-state index contributed by atoms with van der Waals surface area (Å²) in [5.74, 6) is 5.98. The molecule has 96 valence electrons. The van der Waals surface area contributed by atoms with Gasteiger partial charge in [0.25, 0.3) is 0 Å². The van der Waals surface area contributed by atoms with Crippen molar-refractivity contribution in [2.75, 3.05) is 13.1 Å². The summed E-state index contributed by atoms with van der Waals surface area (Å²) in [5, 5.41) is 3.25. The zero-order valence-corrected chi connectivity index (χ0v) is 10.7. The van der Waals surface area contributed by atoms with Crippen molar-refractivity contribution < 1.29 is 4.39 Å². The van der Waals surface area contributed by atoms with Crippen molar-refractivity contribution >= 4 is 0 Å². The molecule has 1 nitrogen and oxygen atoms in total. The van der Waals surface area contributed by atoms with Crippen molar-refractivity contribution in [2.45, 2.75) is 6.42 Å². The van der Waals surface area contributed by atoms with Crippen LogP contribution < -0.4 is 5.32 Å². The number of benzene rings is 2. The SMILES string of the molecule is Fc1ccc(CCNCC#Cc2ccccc2)cc1. The standard InChI is InChI=1S/C17H16FN/c18-17-10-8-16(9-11-17)12-14-19-13-4-7-15-5-2-1-3-6-15/h1-3,5-6,8-11,19H,12-14H2. The highest BCUT2D eigenvalue weighted by molar-refractivity contribution is 5.33. The third-order valence-corrected chi connectivity index (χ3v) is 2.72. The Morgan fingerprint density at radius 1 is 0.947 bits per heavy atom. The van der Waals surface area contributed by atoms with Crippen LogP contribution in [0.25, 0.3) is 0 Å². The minimum absolute atomic E-state index is 0.189. The van der Waals surface area contributed by atoms with Crippen molar-refractivity contribution in [1.29, 1.82) is 0 Å². The van der Waals surface area contributed by atoms with Gasteiger partial charge in [0.1, 0.15) is 5.82 Å². The van der Waals surface area contributed by atoms with Gasteiger partial charge in [-0.3, -0.25) is 0 Å². The number of nitrogens with one attached hydrogen (secondary N) is 1. The summed E-state index contributed by atoms with van der Waals surface area (Å²) in [5.41, 5.74) is 2.16. The van der Waals surface area contributed by atoms with Crippen LogP contribution in [0.15, 0.2) is 54.6 Å². The summed E-state index contributed by atoms with van der Waals surface area (Å²) >= 11 is 0. The fourth-order valence-corrected chi connectivity index (χ4v) is 1.70. The van der Waals surface area contributed by atoms with E-state index in [0.717, 1.165) is 24.1 Å². The van der Waals surface area contributed by atoms with Gasteiger partial charge in [-0.25, -0.2) is 4.39 Å². The Bertz CT molecular complexity index is 549. The maximum atomic E-state index is 12.7. The molecule has 0 aliphatic rings. The highest BCUT2D eigenvalue weighted by Crippen LogP contribution is 2.02. The van der Waals surface area contributed by atoms with E-state index in [2.05, 4.69) is 17.2 Å². The Kier molecular flexibility index (Phi) is 5.16. The molecule has 0 saturated carbocycles. The Labute approximate surface area is 113 Å². The van der Waals surface area contributed by atoms with Crippen LogP contribution in [0.3, 0.4) is 0 Å². The van der Waals surface area contributed by atoms with E-state index in [1.807, 2.05) is 42.5 Å². The summed E-state index contributed by atoms with van der Waals surface area (Å²) in [6.07, 6.45) is 0.882. The van der Waals surface area contributed by atoms with Crippen LogP contribution >= 0.6 is 0 Å². The van der Waals surface area contributed by atoms with Crippen LogP contribution in [0.5, 0.6) is 0 Å². The lowest BCUT2D eigenvalue weighted by molar-refractivity contribution is 0.626. The van der Waals surface area contributed by atoms with Gasteiger partial charge in [0.15, 0.2) is 0 Å². The number of hydrogen-bond donors (Lipinski definition) is 1. The van der Waals surface area contributed by atoms with Gasteiger partial charge in [-0.1, -0.05) is 42.2 Å². The molecular weight excluding hydrogens is 237 g/mol. The van der Waals surface area contributed by atoms with Crippen LogP contribution in [0.1, 0.15) is 11.1 Å². The quantitative estimate of drug-likeness (QED) is 0.652. The van der Waals surface area contributed by atoms with E-state index < -0.39 is 0 Å². The highest BCUT2D eigenvalue weighted by Gasteiger charge is 1.93. The van der Waals surface area contributed by atoms with E-state index in [4.69, 9.17) is 0 Å². The fourth-order valence-electron chi connectivity index (χ4n) is 1.70. The van der Waals surface area contributed by atoms with Gasteiger partial charge < -0.3 is 5.32 Å². The van der Waals surface area contributed by atoms with E-state index in [1.54, 1.807) is 0 Å². The van der Waals surface area contributed by atoms with Crippen LogP contribution in [-0.2, 0) is 6.42 Å². The first-order valence-corrected chi connectivity index (χ1v) is 6.34. The largest absolute Gasteiger partial charge is 0.306 e. The molecule has 2 heteroatoms. The average molecular weight is 253 g/mol. The normalized spacial score (nSPS) is 9.74. The Hall–Kier alpha value is -2.11. The second-order valence-corrected chi connectivity index (χ2v) is 4.22. The van der Waals surface area contributed by atoms with Gasteiger partial charge in [0.2, 0.25) is 0 Å². The minimum Gasteiger partial charge on any atom is -0.306 e. The molecule has 0 spiro atoms. The lowest BCUT2D eigenvalue weighted by Crippen LogP contribution is -2.17. The first-order valence-electron chi connectivity index (χ1n) is 6.34. The van der Waals surface area contributed by atoms with E-state index >= 15 is 0 Å². The highest BCUT2D eigenvalue weighted by atomic mass is 19.1. The Morgan fingerprint density at radius 2 is 1.68 bits per heavy atom. The van der Waals surface area contributed by atoms with Crippen LogP contribution in [0, 0.1) is 17.7 Å². The fraction of sp³-hybridized carbons (Fsp3) is 0.176. The molecular formula is C17H16FN. The van der Waals surface area contributed by atoms with Crippen LogP contribution in [-0.4, -0.2) is 13.1 Å². The van der Waals surface area contributed by atoms with Crippen molar-refractivity contribution in [3.63, 3.8) is 0 Å². The smallest absolute Gasteiger partial charge is 0.123 e. The molecule has 0 radical (unpaired) electrons. The van der Waals surface area contributed by atoms with Gasteiger partial charge in [-0.15, -0.1) is 0 Å². The summed E-state index contributed by atoms with van der Waals surface area (Å²) in [4.78, 5) is 0. The molecule has 0 amide bonds. The predicted molar refractivity (Wildman–Crippen MR) is 76.3 cm³/mol. The second-order valence-electron chi connectivity index (χ2n) is 4.22. The van der Waals surface area contributed by atoms with Crippen LogP contribution in [0.4, 0.5) is 4.39 Å². The Balaban J connectivity index is 1.68. The molecule has 0 aliphatic heterocycles. The van der Waals surface area contributed by atoms with Crippen molar-refractivity contribution in [3.8, 4) is 11.8 Å². The summed E-state index contributed by atoms with van der Waals surface area (Å²) in [6, 6.07) is 16.5. The molecule has 0 fully saturated rings. The number of rotatable bonds is 4. The van der Waals surface area contributed by atoms with E-state index in [-0.39, 0.29) is 5.82 Å². The molecule has 0 atom stereocenters. The van der Waals surface area contributed by atoms with Gasteiger partial charge in [-0.2, -0.15) is 0 Å². The first kappa shape index (κ1) is 13.3. The summed E-state index contributed by atoms with van der Waals surface area (Å²) < 4.78 is 12.7. The third-order valence-electron chi connectivity index (χ3n) is 2.72. The molecule has 2 aromatic carbocycles. The molecule has 0 aromatic heterocycles. The molecule has 0 bridgehead atoms. The van der Waals surface area contributed by atoms with E-state index in [9.17, 15) is 4.39 Å². The molecule has 2 rings (SSSR count). The van der Waals surface area contributed by atoms with Crippen LogP contribution in [0.2, 0.25) is 0 Å². The maximum Gasteiger partial charge on any atom is 0.123 e. The summed E-state index contributed by atoms with van der Waals surface area (Å²) in [7, 11) is 0. The lowest BCUT2D eigenvalue weighted by atomic mass is 10.1. The molecule has 0 aliphatic carbocycles. The van der Waals surface area contributed by atoms with Crippen molar-refractivity contribution in [1.82, 2.24) is 5.32 Å². The third kappa shape index (κ3) is 4.95. The maximum absolute atomic E-state index is 12.7. The Morgan fingerprint density at radius 3 is 2.42 bits per heavy atom. The molecule has 0 heterocycles. The number of hydrogen-bond acceptors (Lipinski definition) is 1. The van der Waals surface area contributed by atoms with Gasteiger partial charge >= 0.3 is 0 Å². The lowest BCUT2D eigenvalue weighted by Gasteiger charge is -2.01. The minimum atomic E-state index is -0.189. The van der Waals surface area contributed by atoms with Gasteiger partial charge in [-0.05, 0) is 36.2 Å². The zero-order valence-electron chi connectivity index (χ0n) is 10.7. The van der Waals surface area contributed by atoms with E-state index in [0.29, 0.717) is 6.54 Å². The molecule has 0 unspecified atom stereocenters. The van der Waals surface area contributed by atoms with E-state index in [1.165, 1.54) is 12.1 Å². The van der Waals surface area contributed by atoms with Gasteiger partial charge in [0.05, 0.1) is 6.54 Å². The molecule has 1 N–H and O–H groups in total. The topological polar surface area (TPSA) is 12.0 Å². The molecule has 19 heavy (non-hydrogen) atoms. The number of halogens is 1. The second kappa shape index (κ2) is 7.35. The monoisotopic (exact) mass is 253 g/mol. The molecule has 2 aromatic rings. The molecule has 0 saturated heterocycles. The van der Waals surface area contributed by atoms with Crippen molar-refractivity contribution in [3.05, 3.63) is 71.5 Å². The summed E-state index contributed by atoms with van der Waals surface area (Å²) in [6.45, 7) is 1.51.